The molecule has 5 heteroatoms. The molecule has 0 aliphatic carbocycles. The number of hydrogen-bond acceptors (Lipinski definition) is 5. The highest BCUT2D eigenvalue weighted by Crippen LogP contribution is 2.26. The summed E-state index contributed by atoms with van der Waals surface area (Å²) in [6, 6.07) is 0. The Morgan fingerprint density at radius 1 is 1.42 bits per heavy atom. The van der Waals surface area contributed by atoms with Gasteiger partial charge in [-0.05, 0) is 32.7 Å². The molecule has 1 aromatic heterocycles. The fourth-order valence-corrected chi connectivity index (χ4v) is 3.29. The Balaban J connectivity index is 1.79. The van der Waals surface area contributed by atoms with Crippen molar-refractivity contribution in [2.45, 2.75) is 45.8 Å². The maximum atomic E-state index is 5.68. The normalized spacial score (nSPS) is 17.1. The average molecular weight is 283 g/mol. The number of piperidine rings is 1. The van der Waals surface area contributed by atoms with E-state index in [1.807, 2.05) is 17.5 Å². The maximum Gasteiger partial charge on any atom is 0.185 e. The van der Waals surface area contributed by atoms with Gasteiger partial charge in [0, 0.05) is 37.3 Å². The van der Waals surface area contributed by atoms with Crippen LogP contribution in [0.5, 0.6) is 0 Å². The molecule has 0 bridgehead atoms. The van der Waals surface area contributed by atoms with E-state index in [-0.39, 0.29) is 0 Å². The molecule has 1 aliphatic heterocycles. The van der Waals surface area contributed by atoms with Crippen LogP contribution in [0.2, 0.25) is 0 Å². The minimum Gasteiger partial charge on any atom is -0.378 e. The lowest BCUT2D eigenvalue weighted by atomic mass is 10.1. The van der Waals surface area contributed by atoms with E-state index in [2.05, 4.69) is 29.0 Å². The molecule has 1 fully saturated rings. The summed E-state index contributed by atoms with van der Waals surface area (Å²) in [5.41, 5.74) is 0. The largest absolute Gasteiger partial charge is 0.378 e. The summed E-state index contributed by atoms with van der Waals surface area (Å²) >= 11 is 1.82. The van der Waals surface area contributed by atoms with Crippen molar-refractivity contribution in [1.29, 1.82) is 0 Å². The lowest BCUT2D eigenvalue weighted by Crippen LogP contribution is -2.36. The molecular weight excluding hydrogens is 258 g/mol. The van der Waals surface area contributed by atoms with E-state index in [0.29, 0.717) is 6.10 Å². The number of nitrogens with one attached hydrogen (secondary N) is 1. The van der Waals surface area contributed by atoms with E-state index in [1.54, 1.807) is 0 Å². The van der Waals surface area contributed by atoms with E-state index in [0.717, 1.165) is 45.6 Å². The Hall–Kier alpha value is -0.650. The van der Waals surface area contributed by atoms with Gasteiger partial charge < -0.3 is 15.0 Å². The molecule has 108 valence electrons. The Bertz CT molecular complexity index is 361. The Labute approximate surface area is 120 Å². The van der Waals surface area contributed by atoms with Crippen molar-refractivity contribution in [3.05, 3.63) is 11.1 Å². The summed E-state index contributed by atoms with van der Waals surface area (Å²) in [7, 11) is 0. The van der Waals surface area contributed by atoms with E-state index < -0.39 is 0 Å². The standard InChI is InChI=1S/C14H25N3OS/c1-3-7-15-10-13-11-16-14(19-13)17-8-5-12(6-9-17)18-4-2/h11-12,15H,3-10H2,1-2H3. The molecule has 0 spiro atoms. The molecule has 1 saturated heterocycles. The van der Waals surface area contributed by atoms with E-state index in [1.165, 1.54) is 16.4 Å². The Morgan fingerprint density at radius 2 is 2.21 bits per heavy atom. The summed E-state index contributed by atoms with van der Waals surface area (Å²) in [5, 5.41) is 4.59. The van der Waals surface area contributed by atoms with Gasteiger partial charge in [-0.3, -0.25) is 0 Å². The number of rotatable bonds is 7. The van der Waals surface area contributed by atoms with Gasteiger partial charge in [0.2, 0.25) is 0 Å². The van der Waals surface area contributed by atoms with Crippen LogP contribution in [0.25, 0.3) is 0 Å². The number of thiazole rings is 1. The number of aromatic nitrogens is 1. The zero-order chi connectivity index (χ0) is 13.5. The van der Waals surface area contributed by atoms with Crippen molar-refractivity contribution in [1.82, 2.24) is 10.3 Å². The summed E-state index contributed by atoms with van der Waals surface area (Å²) in [6.07, 6.45) is 5.88. The minimum absolute atomic E-state index is 0.451. The second kappa shape index (κ2) is 7.82. The van der Waals surface area contributed by atoms with Crippen LogP contribution in [0, 0.1) is 0 Å². The van der Waals surface area contributed by atoms with Gasteiger partial charge >= 0.3 is 0 Å². The van der Waals surface area contributed by atoms with Crippen LogP contribution in [-0.4, -0.2) is 37.3 Å². The van der Waals surface area contributed by atoms with Crippen LogP contribution in [0.1, 0.15) is 38.0 Å². The number of anilines is 1. The van der Waals surface area contributed by atoms with Crippen LogP contribution in [0.15, 0.2) is 6.20 Å². The predicted molar refractivity (Wildman–Crippen MR) is 81.0 cm³/mol. The van der Waals surface area contributed by atoms with Crippen LogP contribution in [-0.2, 0) is 11.3 Å². The molecular formula is C14H25N3OS. The average Bonchev–Trinajstić information content (AvgIpc) is 2.89. The summed E-state index contributed by atoms with van der Waals surface area (Å²) in [4.78, 5) is 8.27. The quantitative estimate of drug-likeness (QED) is 0.781. The van der Waals surface area contributed by atoms with Gasteiger partial charge in [0.1, 0.15) is 0 Å². The first-order chi connectivity index (χ1) is 9.33. The third-order valence-electron chi connectivity index (χ3n) is 3.38. The smallest absolute Gasteiger partial charge is 0.185 e. The molecule has 0 amide bonds. The molecule has 0 unspecified atom stereocenters. The lowest BCUT2D eigenvalue weighted by Gasteiger charge is -2.31. The molecule has 0 atom stereocenters. The summed E-state index contributed by atoms with van der Waals surface area (Å²) < 4.78 is 5.68. The maximum absolute atomic E-state index is 5.68. The highest BCUT2D eigenvalue weighted by Gasteiger charge is 2.21. The fraction of sp³-hybridized carbons (Fsp3) is 0.786. The first-order valence-corrected chi connectivity index (χ1v) is 8.17. The number of hydrogen-bond donors (Lipinski definition) is 1. The zero-order valence-corrected chi connectivity index (χ0v) is 12.8. The molecule has 1 aliphatic rings. The topological polar surface area (TPSA) is 37.4 Å². The SMILES string of the molecule is CCCNCc1cnc(N2CCC(OCC)CC2)s1. The Morgan fingerprint density at radius 3 is 2.89 bits per heavy atom. The molecule has 2 rings (SSSR count). The third-order valence-corrected chi connectivity index (χ3v) is 4.44. The van der Waals surface area contributed by atoms with Crippen molar-refractivity contribution >= 4 is 16.5 Å². The van der Waals surface area contributed by atoms with Gasteiger partial charge in [0.05, 0.1) is 6.10 Å². The number of ether oxygens (including phenoxy) is 1. The van der Waals surface area contributed by atoms with Crippen LogP contribution < -0.4 is 10.2 Å². The van der Waals surface area contributed by atoms with Crippen molar-refractivity contribution in [2.24, 2.45) is 0 Å². The highest BCUT2D eigenvalue weighted by molar-refractivity contribution is 7.15. The van der Waals surface area contributed by atoms with Crippen LogP contribution in [0.4, 0.5) is 5.13 Å². The molecule has 1 N–H and O–H groups in total. The van der Waals surface area contributed by atoms with Crippen LogP contribution in [0.3, 0.4) is 0 Å². The lowest BCUT2D eigenvalue weighted by molar-refractivity contribution is 0.0459. The van der Waals surface area contributed by atoms with Crippen molar-refractivity contribution in [2.75, 3.05) is 31.1 Å². The van der Waals surface area contributed by atoms with E-state index in [4.69, 9.17) is 4.74 Å². The first-order valence-electron chi connectivity index (χ1n) is 7.35. The number of nitrogens with zero attached hydrogens (tertiary/aromatic N) is 2. The molecule has 0 saturated carbocycles. The predicted octanol–water partition coefficient (Wildman–Crippen LogP) is 2.65. The molecule has 2 heterocycles. The summed E-state index contributed by atoms with van der Waals surface area (Å²) in [5.74, 6) is 0. The van der Waals surface area contributed by atoms with E-state index >= 15 is 0 Å². The molecule has 1 aromatic rings. The highest BCUT2D eigenvalue weighted by atomic mass is 32.1. The second-order valence-electron chi connectivity index (χ2n) is 4.93. The van der Waals surface area contributed by atoms with Crippen molar-refractivity contribution < 1.29 is 4.74 Å². The molecule has 4 nitrogen and oxygen atoms in total. The second-order valence-corrected chi connectivity index (χ2v) is 6.02. The van der Waals surface area contributed by atoms with Crippen LogP contribution >= 0.6 is 11.3 Å². The summed E-state index contributed by atoms with van der Waals surface area (Å²) in [6.45, 7) is 9.25. The zero-order valence-electron chi connectivity index (χ0n) is 12.0. The fourth-order valence-electron chi connectivity index (χ4n) is 2.36. The first kappa shape index (κ1) is 14.8. The minimum atomic E-state index is 0.451. The van der Waals surface area contributed by atoms with Gasteiger partial charge in [-0.15, -0.1) is 11.3 Å². The molecule has 19 heavy (non-hydrogen) atoms. The van der Waals surface area contributed by atoms with Gasteiger partial charge in [-0.2, -0.15) is 0 Å². The van der Waals surface area contributed by atoms with Gasteiger partial charge in [-0.25, -0.2) is 4.98 Å². The monoisotopic (exact) mass is 283 g/mol. The Kier molecular flexibility index (Phi) is 6.07. The van der Waals surface area contributed by atoms with Gasteiger partial charge in [0.25, 0.3) is 0 Å². The molecule has 0 aromatic carbocycles. The van der Waals surface area contributed by atoms with Crippen molar-refractivity contribution in [3.63, 3.8) is 0 Å². The van der Waals surface area contributed by atoms with Crippen molar-refractivity contribution in [3.8, 4) is 0 Å². The molecule has 0 radical (unpaired) electrons. The third kappa shape index (κ3) is 4.44. The van der Waals surface area contributed by atoms with Gasteiger partial charge in [0.15, 0.2) is 5.13 Å². The van der Waals surface area contributed by atoms with E-state index in [9.17, 15) is 0 Å². The van der Waals surface area contributed by atoms with Gasteiger partial charge in [-0.1, -0.05) is 6.92 Å².